The van der Waals surface area contributed by atoms with Crippen molar-refractivity contribution in [3.05, 3.63) is 29.3 Å². The van der Waals surface area contributed by atoms with Gasteiger partial charge in [0.25, 0.3) is 0 Å². The molecule has 1 aliphatic rings. The molecule has 0 saturated carbocycles. The van der Waals surface area contributed by atoms with Crippen LogP contribution in [0, 0.1) is 5.92 Å². The molecule has 0 spiro atoms. The lowest BCUT2D eigenvalue weighted by molar-refractivity contribution is -0.142. The molecule has 1 aromatic rings. The summed E-state index contributed by atoms with van der Waals surface area (Å²) in [6.07, 6.45) is -10.3. The predicted octanol–water partition coefficient (Wildman–Crippen LogP) is 4.27. The van der Waals surface area contributed by atoms with Gasteiger partial charge in [-0.25, -0.2) is 0 Å². The van der Waals surface area contributed by atoms with Gasteiger partial charge >= 0.3 is 19.5 Å². The first-order valence-corrected chi connectivity index (χ1v) is 7.34. The smallest absolute Gasteiger partial charge is 0.401 e. The minimum absolute atomic E-state index is 0.0158. The van der Waals surface area contributed by atoms with Crippen molar-refractivity contribution >= 4 is 12.6 Å². The summed E-state index contributed by atoms with van der Waals surface area (Å²) in [5.74, 6) is -0.0158. The summed E-state index contributed by atoms with van der Waals surface area (Å²) >= 11 is 0. The standard InChI is InChI=1S/C15H17BF6O2/c1-8(2)12-13(3,4)24-16(23-12)11-6-9(14(17,18)19)5-10(7-11)15(20,21)22/h5-8,12H,1-4H3. The van der Waals surface area contributed by atoms with Crippen LogP contribution < -0.4 is 5.46 Å². The van der Waals surface area contributed by atoms with Gasteiger partial charge in [-0.05, 0) is 31.3 Å². The number of rotatable bonds is 2. The maximum atomic E-state index is 12.9. The van der Waals surface area contributed by atoms with Gasteiger partial charge < -0.3 is 9.31 Å². The van der Waals surface area contributed by atoms with Crippen molar-refractivity contribution in [3.8, 4) is 0 Å². The SMILES string of the molecule is CC(C)C1OB(c2cc(C(F)(F)F)cc(C(F)(F)F)c2)OC1(C)C. The molecule has 0 aliphatic carbocycles. The highest BCUT2D eigenvalue weighted by Gasteiger charge is 2.48. The first kappa shape index (κ1) is 19.1. The predicted molar refractivity (Wildman–Crippen MR) is 76.7 cm³/mol. The van der Waals surface area contributed by atoms with E-state index in [0.717, 1.165) is 0 Å². The fourth-order valence-corrected chi connectivity index (χ4v) is 2.89. The average Bonchev–Trinajstić information content (AvgIpc) is 2.72. The van der Waals surface area contributed by atoms with Crippen LogP contribution in [0.3, 0.4) is 0 Å². The third-order valence-electron chi connectivity index (χ3n) is 3.85. The van der Waals surface area contributed by atoms with Crippen molar-refractivity contribution in [3.63, 3.8) is 0 Å². The van der Waals surface area contributed by atoms with E-state index in [1.807, 2.05) is 13.8 Å². The first-order chi connectivity index (χ1) is 10.7. The molecule has 1 aliphatic heterocycles. The van der Waals surface area contributed by atoms with Gasteiger partial charge in [0, 0.05) is 0 Å². The van der Waals surface area contributed by atoms with Crippen molar-refractivity contribution in [1.82, 2.24) is 0 Å². The Labute approximate surface area is 136 Å². The van der Waals surface area contributed by atoms with Gasteiger partial charge in [0.05, 0.1) is 22.8 Å². The van der Waals surface area contributed by atoms with Gasteiger partial charge in [-0.15, -0.1) is 0 Å². The van der Waals surface area contributed by atoms with Gasteiger partial charge in [0.1, 0.15) is 0 Å². The summed E-state index contributed by atoms with van der Waals surface area (Å²) in [7, 11) is -1.28. The largest absolute Gasteiger partial charge is 0.494 e. The molecule has 1 saturated heterocycles. The topological polar surface area (TPSA) is 18.5 Å². The van der Waals surface area contributed by atoms with Crippen LogP contribution in [0.25, 0.3) is 0 Å². The molecule has 1 unspecified atom stereocenters. The zero-order chi connectivity index (χ0) is 18.5. The van der Waals surface area contributed by atoms with Crippen molar-refractivity contribution in [2.75, 3.05) is 0 Å². The van der Waals surface area contributed by atoms with Crippen LogP contribution in [-0.4, -0.2) is 18.8 Å². The van der Waals surface area contributed by atoms with E-state index in [1.165, 1.54) is 0 Å². The van der Waals surface area contributed by atoms with E-state index in [0.29, 0.717) is 12.1 Å². The van der Waals surface area contributed by atoms with Crippen molar-refractivity contribution in [2.24, 2.45) is 5.92 Å². The summed E-state index contributed by atoms with van der Waals surface area (Å²) in [6.45, 7) is 7.06. The van der Waals surface area contributed by atoms with Gasteiger partial charge in [-0.1, -0.05) is 26.0 Å². The molecule has 0 N–H and O–H groups in total. The van der Waals surface area contributed by atoms with Gasteiger partial charge in [-0.2, -0.15) is 26.3 Å². The minimum Gasteiger partial charge on any atom is -0.401 e. The molecule has 134 valence electrons. The van der Waals surface area contributed by atoms with E-state index in [2.05, 4.69) is 0 Å². The van der Waals surface area contributed by atoms with Crippen molar-refractivity contribution in [2.45, 2.75) is 51.8 Å². The Kier molecular flexibility index (Phi) is 4.74. The van der Waals surface area contributed by atoms with E-state index >= 15 is 0 Å². The maximum Gasteiger partial charge on any atom is 0.494 e. The second kappa shape index (κ2) is 5.95. The first-order valence-electron chi connectivity index (χ1n) is 7.34. The number of hydrogen-bond donors (Lipinski definition) is 0. The monoisotopic (exact) mass is 354 g/mol. The van der Waals surface area contributed by atoms with Crippen molar-refractivity contribution < 1.29 is 35.7 Å². The third-order valence-corrected chi connectivity index (χ3v) is 3.85. The van der Waals surface area contributed by atoms with Gasteiger partial charge in [0.15, 0.2) is 0 Å². The maximum absolute atomic E-state index is 12.9. The van der Waals surface area contributed by atoms with Crippen LogP contribution in [-0.2, 0) is 21.7 Å². The Morgan fingerprint density at radius 3 is 1.75 bits per heavy atom. The highest BCUT2D eigenvalue weighted by atomic mass is 19.4. The minimum atomic E-state index is -4.90. The van der Waals surface area contributed by atoms with Crippen LogP contribution in [0.4, 0.5) is 26.3 Å². The molecular weight excluding hydrogens is 337 g/mol. The van der Waals surface area contributed by atoms with Gasteiger partial charge in [-0.3, -0.25) is 0 Å². The van der Waals surface area contributed by atoms with Crippen LogP contribution in [0.15, 0.2) is 18.2 Å². The van der Waals surface area contributed by atoms with E-state index in [-0.39, 0.29) is 17.4 Å². The van der Waals surface area contributed by atoms with E-state index in [9.17, 15) is 26.3 Å². The lowest BCUT2D eigenvalue weighted by Crippen LogP contribution is -2.37. The van der Waals surface area contributed by atoms with E-state index in [1.54, 1.807) is 13.8 Å². The summed E-state index contributed by atoms with van der Waals surface area (Å²) in [5, 5.41) is 0. The molecule has 9 heteroatoms. The zero-order valence-electron chi connectivity index (χ0n) is 13.5. The Hall–Kier alpha value is -1.22. The molecule has 0 amide bonds. The Morgan fingerprint density at radius 1 is 0.958 bits per heavy atom. The van der Waals surface area contributed by atoms with E-state index < -0.39 is 42.3 Å². The van der Waals surface area contributed by atoms with Crippen LogP contribution in [0.1, 0.15) is 38.8 Å². The highest BCUT2D eigenvalue weighted by molar-refractivity contribution is 6.62. The fourth-order valence-electron chi connectivity index (χ4n) is 2.89. The number of benzene rings is 1. The molecule has 2 nitrogen and oxygen atoms in total. The van der Waals surface area contributed by atoms with Crippen LogP contribution in [0.5, 0.6) is 0 Å². The Bertz CT molecular complexity index is 577. The lowest BCUT2D eigenvalue weighted by atomic mass is 9.77. The molecule has 1 aromatic carbocycles. The Morgan fingerprint density at radius 2 is 1.42 bits per heavy atom. The second-order valence-electron chi connectivity index (χ2n) is 6.69. The number of hydrogen-bond acceptors (Lipinski definition) is 2. The molecule has 2 rings (SSSR count). The summed E-state index contributed by atoms with van der Waals surface area (Å²) < 4.78 is 88.8. The van der Waals surface area contributed by atoms with Crippen LogP contribution >= 0.6 is 0 Å². The zero-order valence-corrected chi connectivity index (χ0v) is 13.5. The molecule has 0 radical (unpaired) electrons. The lowest BCUT2D eigenvalue weighted by Gasteiger charge is -2.28. The molecule has 1 heterocycles. The molecule has 0 bridgehead atoms. The second-order valence-corrected chi connectivity index (χ2v) is 6.69. The number of alkyl halides is 6. The van der Waals surface area contributed by atoms with Crippen molar-refractivity contribution in [1.29, 1.82) is 0 Å². The average molecular weight is 354 g/mol. The molecule has 1 atom stereocenters. The molecule has 0 aromatic heterocycles. The summed E-state index contributed by atoms with van der Waals surface area (Å²) in [5.41, 5.74) is -3.89. The highest BCUT2D eigenvalue weighted by Crippen LogP contribution is 2.36. The van der Waals surface area contributed by atoms with E-state index in [4.69, 9.17) is 9.31 Å². The summed E-state index contributed by atoms with van der Waals surface area (Å²) in [4.78, 5) is 0. The quantitative estimate of drug-likeness (QED) is 0.583. The molecule has 24 heavy (non-hydrogen) atoms. The fraction of sp³-hybridized carbons (Fsp3) is 0.600. The van der Waals surface area contributed by atoms with Gasteiger partial charge in [0.2, 0.25) is 0 Å². The summed E-state index contributed by atoms with van der Waals surface area (Å²) in [6, 6.07) is 1.36. The third kappa shape index (κ3) is 3.88. The van der Waals surface area contributed by atoms with Crippen LogP contribution in [0.2, 0.25) is 0 Å². The Balaban J connectivity index is 2.47. The normalized spacial score (nSPS) is 21.6. The molecular formula is C15H17BF6O2. The molecule has 1 fully saturated rings. The number of halogens is 6.